The summed E-state index contributed by atoms with van der Waals surface area (Å²) < 4.78 is 0. The van der Waals surface area contributed by atoms with E-state index in [9.17, 15) is 24.6 Å². The van der Waals surface area contributed by atoms with E-state index in [0.29, 0.717) is 0 Å². The zero-order chi connectivity index (χ0) is 12.1. The Balaban J connectivity index is 3.40. The van der Waals surface area contributed by atoms with Crippen LogP contribution >= 0.6 is 0 Å². The number of rotatable bonds is 3. The van der Waals surface area contributed by atoms with Gasteiger partial charge in [-0.3, -0.25) is 4.79 Å². The molecule has 0 aliphatic heterocycles. The highest BCUT2D eigenvalue weighted by molar-refractivity contribution is 6.44. The fourth-order valence-electron chi connectivity index (χ4n) is 1.10. The van der Waals surface area contributed by atoms with Crippen molar-refractivity contribution in [2.75, 3.05) is 0 Å². The van der Waals surface area contributed by atoms with E-state index in [1.807, 2.05) is 0 Å². The van der Waals surface area contributed by atoms with Crippen molar-refractivity contribution in [3.63, 3.8) is 0 Å². The van der Waals surface area contributed by atoms with E-state index in [-0.39, 0.29) is 10.4 Å². The highest BCUT2D eigenvalue weighted by Gasteiger charge is 1.96. The summed E-state index contributed by atoms with van der Waals surface area (Å²) in [6, 6.07) is 5.93. The molecule has 0 fully saturated rings. The molecule has 0 saturated carbocycles. The third kappa shape index (κ3) is 3.06. The van der Waals surface area contributed by atoms with Crippen LogP contribution in [0.2, 0.25) is 0 Å². The molecule has 0 atom stereocenters. The van der Waals surface area contributed by atoms with Crippen LogP contribution in [0.25, 0.3) is 12.2 Å². The number of ketones is 1. The SMILES string of the molecule is O=C([O-])/C=c1\cccc\c1=C/C(=O)C(=O)[O-]. The largest absolute Gasteiger partial charge is 0.545 e. The standard InChI is InChI=1S/C11H8O5/c12-9(11(15)16)5-7-3-1-2-4-8(7)6-10(13)14/h1-6H,(H,13,14)(H,15,16)/p-2/b7-5+,8-6+. The lowest BCUT2D eigenvalue weighted by Gasteiger charge is -1.95. The number of hydrogen-bond donors (Lipinski definition) is 0. The minimum Gasteiger partial charge on any atom is -0.545 e. The van der Waals surface area contributed by atoms with Crippen LogP contribution in [0.5, 0.6) is 0 Å². The molecule has 16 heavy (non-hydrogen) atoms. The van der Waals surface area contributed by atoms with Crippen LogP contribution in [0, 0.1) is 0 Å². The number of carbonyl (C=O) groups excluding carboxylic acids is 3. The Morgan fingerprint density at radius 1 is 0.938 bits per heavy atom. The maximum Gasteiger partial charge on any atom is 0.201 e. The molecule has 0 spiro atoms. The summed E-state index contributed by atoms with van der Waals surface area (Å²) in [5.41, 5.74) is 0. The highest BCUT2D eigenvalue weighted by atomic mass is 16.4. The molecular weight excluding hydrogens is 212 g/mol. The van der Waals surface area contributed by atoms with Gasteiger partial charge in [0.05, 0.1) is 5.97 Å². The third-order valence-corrected chi connectivity index (χ3v) is 1.76. The van der Waals surface area contributed by atoms with Gasteiger partial charge in [0.15, 0.2) is 0 Å². The normalized spacial score (nSPS) is 12.5. The molecule has 5 heteroatoms. The second-order valence-electron chi connectivity index (χ2n) is 2.89. The molecule has 0 saturated heterocycles. The lowest BCUT2D eigenvalue weighted by atomic mass is 10.2. The molecule has 0 heterocycles. The average Bonchev–Trinajstić information content (AvgIpc) is 2.20. The average molecular weight is 218 g/mol. The van der Waals surface area contributed by atoms with Gasteiger partial charge in [-0.1, -0.05) is 24.3 Å². The van der Waals surface area contributed by atoms with Crippen LogP contribution in [0.15, 0.2) is 24.3 Å². The van der Waals surface area contributed by atoms with Gasteiger partial charge in [0.2, 0.25) is 5.78 Å². The Labute approximate surface area is 89.9 Å². The van der Waals surface area contributed by atoms with Crippen LogP contribution in [-0.4, -0.2) is 17.7 Å². The van der Waals surface area contributed by atoms with Gasteiger partial charge in [-0.15, -0.1) is 0 Å². The topological polar surface area (TPSA) is 97.3 Å². The lowest BCUT2D eigenvalue weighted by molar-refractivity contribution is -0.299. The molecular formula is C11H6O5-2. The molecule has 1 rings (SSSR count). The molecule has 0 N–H and O–H groups in total. The summed E-state index contributed by atoms with van der Waals surface area (Å²) in [6.45, 7) is 0. The number of carboxylic acids is 2. The van der Waals surface area contributed by atoms with Crippen molar-refractivity contribution in [2.45, 2.75) is 0 Å². The van der Waals surface area contributed by atoms with Crippen molar-refractivity contribution in [1.29, 1.82) is 0 Å². The molecule has 1 aromatic rings. The number of carbonyl (C=O) groups is 3. The maximum atomic E-state index is 10.9. The number of hydrogen-bond acceptors (Lipinski definition) is 5. The Hall–Kier alpha value is -2.43. The minimum absolute atomic E-state index is 0.181. The summed E-state index contributed by atoms with van der Waals surface area (Å²) in [5.74, 6) is -4.50. The van der Waals surface area contributed by atoms with Gasteiger partial charge in [0, 0.05) is 0 Å². The van der Waals surface area contributed by atoms with Gasteiger partial charge in [-0.25, -0.2) is 0 Å². The van der Waals surface area contributed by atoms with E-state index in [1.165, 1.54) is 12.1 Å². The summed E-state index contributed by atoms with van der Waals surface area (Å²) in [4.78, 5) is 31.4. The predicted octanol–water partition coefficient (Wildman–Crippen LogP) is -3.68. The van der Waals surface area contributed by atoms with Gasteiger partial charge in [0.1, 0.15) is 5.97 Å². The Kier molecular flexibility index (Phi) is 3.55. The van der Waals surface area contributed by atoms with Crippen LogP contribution in [0.1, 0.15) is 0 Å². The molecule has 0 amide bonds. The predicted molar refractivity (Wildman–Crippen MR) is 49.6 cm³/mol. The Bertz CT molecular complexity index is 556. The molecule has 5 nitrogen and oxygen atoms in total. The maximum absolute atomic E-state index is 10.9. The van der Waals surface area contributed by atoms with Gasteiger partial charge < -0.3 is 19.8 Å². The first-order valence-electron chi connectivity index (χ1n) is 4.25. The second kappa shape index (κ2) is 4.88. The fraction of sp³-hybridized carbons (Fsp3) is 0. The molecule has 0 aliphatic rings. The summed E-state index contributed by atoms with van der Waals surface area (Å²) in [7, 11) is 0. The van der Waals surface area contributed by atoms with Crippen LogP contribution in [0.4, 0.5) is 0 Å². The van der Waals surface area contributed by atoms with E-state index < -0.39 is 17.7 Å². The fourth-order valence-corrected chi connectivity index (χ4v) is 1.10. The lowest BCUT2D eigenvalue weighted by Crippen LogP contribution is -2.34. The first-order valence-corrected chi connectivity index (χ1v) is 4.25. The van der Waals surface area contributed by atoms with Crippen LogP contribution < -0.4 is 20.7 Å². The van der Waals surface area contributed by atoms with Gasteiger partial charge in [0.25, 0.3) is 0 Å². The van der Waals surface area contributed by atoms with Gasteiger partial charge in [-0.05, 0) is 22.6 Å². The van der Waals surface area contributed by atoms with E-state index in [4.69, 9.17) is 0 Å². The number of Topliss-reactive ketones (excluding diaryl/α,β-unsaturated/α-hetero) is 1. The Morgan fingerprint density at radius 2 is 1.44 bits per heavy atom. The van der Waals surface area contributed by atoms with E-state index in [0.717, 1.165) is 12.2 Å². The highest BCUT2D eigenvalue weighted by Crippen LogP contribution is 1.75. The number of benzene rings is 1. The van der Waals surface area contributed by atoms with E-state index in [1.54, 1.807) is 12.1 Å². The minimum atomic E-state index is -1.84. The molecule has 0 radical (unpaired) electrons. The first-order chi connectivity index (χ1) is 7.50. The first kappa shape index (κ1) is 11.6. The van der Waals surface area contributed by atoms with E-state index in [2.05, 4.69) is 0 Å². The monoisotopic (exact) mass is 218 g/mol. The van der Waals surface area contributed by atoms with Crippen LogP contribution in [0.3, 0.4) is 0 Å². The summed E-state index contributed by atoms with van der Waals surface area (Å²) >= 11 is 0. The van der Waals surface area contributed by atoms with E-state index >= 15 is 0 Å². The molecule has 0 bridgehead atoms. The van der Waals surface area contributed by atoms with Crippen molar-refractivity contribution >= 4 is 29.9 Å². The summed E-state index contributed by atoms with van der Waals surface area (Å²) in [6.07, 6.45) is 1.57. The zero-order valence-electron chi connectivity index (χ0n) is 8.01. The zero-order valence-corrected chi connectivity index (χ0v) is 8.01. The molecule has 0 aliphatic carbocycles. The second-order valence-corrected chi connectivity index (χ2v) is 2.89. The number of aliphatic carboxylic acids is 2. The van der Waals surface area contributed by atoms with Gasteiger partial charge >= 0.3 is 0 Å². The third-order valence-electron chi connectivity index (χ3n) is 1.76. The van der Waals surface area contributed by atoms with Crippen molar-refractivity contribution in [1.82, 2.24) is 0 Å². The molecule has 0 aromatic heterocycles. The number of carboxylic acid groups (broad SMARTS) is 2. The summed E-state index contributed by atoms with van der Waals surface area (Å²) in [5, 5.41) is 20.9. The van der Waals surface area contributed by atoms with Crippen molar-refractivity contribution in [3.05, 3.63) is 34.7 Å². The van der Waals surface area contributed by atoms with Crippen LogP contribution in [-0.2, 0) is 14.4 Å². The molecule has 0 unspecified atom stereocenters. The van der Waals surface area contributed by atoms with Crippen molar-refractivity contribution in [3.8, 4) is 0 Å². The quantitative estimate of drug-likeness (QED) is 0.486. The smallest absolute Gasteiger partial charge is 0.201 e. The van der Waals surface area contributed by atoms with Gasteiger partial charge in [-0.2, -0.15) is 0 Å². The van der Waals surface area contributed by atoms with Crippen molar-refractivity contribution < 1.29 is 24.6 Å². The Morgan fingerprint density at radius 3 is 1.88 bits per heavy atom. The molecule has 82 valence electrons. The molecule has 1 aromatic carbocycles. The van der Waals surface area contributed by atoms with Crippen molar-refractivity contribution in [2.24, 2.45) is 0 Å².